The van der Waals surface area contributed by atoms with Crippen LogP contribution >= 0.6 is 0 Å². The van der Waals surface area contributed by atoms with E-state index < -0.39 is 47.9 Å². The molecule has 30 heavy (non-hydrogen) atoms. The van der Waals surface area contributed by atoms with Crippen LogP contribution < -0.4 is 16.4 Å². The van der Waals surface area contributed by atoms with Gasteiger partial charge in [0.25, 0.3) is 0 Å². The van der Waals surface area contributed by atoms with Gasteiger partial charge in [-0.2, -0.15) is 0 Å². The van der Waals surface area contributed by atoms with Crippen molar-refractivity contribution in [3.8, 4) is 0 Å². The first-order valence-corrected chi connectivity index (χ1v) is 10.8. The van der Waals surface area contributed by atoms with Crippen LogP contribution in [-0.2, 0) is 19.2 Å². The molecule has 1 heterocycles. The van der Waals surface area contributed by atoms with Gasteiger partial charge in [0.05, 0.1) is 6.04 Å². The van der Waals surface area contributed by atoms with Crippen molar-refractivity contribution < 1.29 is 24.3 Å². The molecule has 0 aromatic heterocycles. The highest BCUT2D eigenvalue weighted by molar-refractivity contribution is 5.94. The standard InChI is InChI=1S/C21H38N4O5/c1-7-13(6)17(24-18(26)15(22)11(2)3)19(27)23-16(12(4)5)20(28)25-10-8-9-14(25)21(29)30/h11-17H,7-10,22H2,1-6H3,(H,23,27)(H,24,26)(H,29,30). The van der Waals surface area contributed by atoms with E-state index >= 15 is 0 Å². The van der Waals surface area contributed by atoms with E-state index in [1.807, 2.05) is 27.7 Å². The molecule has 9 heteroatoms. The molecule has 1 aliphatic heterocycles. The number of carbonyl (C=O) groups excluding carboxylic acids is 3. The van der Waals surface area contributed by atoms with Gasteiger partial charge in [0.2, 0.25) is 17.7 Å². The van der Waals surface area contributed by atoms with E-state index in [0.29, 0.717) is 25.8 Å². The molecule has 1 rings (SSSR count). The van der Waals surface area contributed by atoms with Crippen molar-refractivity contribution in [3.63, 3.8) is 0 Å². The second-order valence-electron chi connectivity index (χ2n) is 8.90. The van der Waals surface area contributed by atoms with Gasteiger partial charge in [0.15, 0.2) is 0 Å². The van der Waals surface area contributed by atoms with Gasteiger partial charge in [0.1, 0.15) is 18.1 Å². The fraction of sp³-hybridized carbons (Fsp3) is 0.810. The minimum absolute atomic E-state index is 0.0845. The quantitative estimate of drug-likeness (QED) is 0.405. The van der Waals surface area contributed by atoms with E-state index in [2.05, 4.69) is 10.6 Å². The topological polar surface area (TPSA) is 142 Å². The Bertz CT molecular complexity index is 637. The zero-order valence-corrected chi connectivity index (χ0v) is 19.0. The van der Waals surface area contributed by atoms with E-state index in [-0.39, 0.29) is 17.8 Å². The minimum Gasteiger partial charge on any atom is -0.480 e. The average molecular weight is 427 g/mol. The largest absolute Gasteiger partial charge is 0.480 e. The number of hydrogen-bond acceptors (Lipinski definition) is 5. The predicted molar refractivity (Wildman–Crippen MR) is 113 cm³/mol. The third-order valence-electron chi connectivity index (χ3n) is 5.87. The van der Waals surface area contributed by atoms with Gasteiger partial charge in [-0.15, -0.1) is 0 Å². The Labute approximate surface area is 179 Å². The van der Waals surface area contributed by atoms with Gasteiger partial charge in [-0.05, 0) is 30.6 Å². The first-order chi connectivity index (χ1) is 13.9. The Hall–Kier alpha value is -2.16. The number of nitrogens with two attached hydrogens (primary N) is 1. The average Bonchev–Trinajstić information content (AvgIpc) is 3.17. The summed E-state index contributed by atoms with van der Waals surface area (Å²) in [5, 5.41) is 14.9. The van der Waals surface area contributed by atoms with Gasteiger partial charge in [0, 0.05) is 6.54 Å². The van der Waals surface area contributed by atoms with Crippen molar-refractivity contribution in [3.05, 3.63) is 0 Å². The molecule has 1 fully saturated rings. The Balaban J connectivity index is 3.00. The normalized spacial score (nSPS) is 20.6. The molecular formula is C21H38N4O5. The number of hydrogen-bond donors (Lipinski definition) is 4. The lowest BCUT2D eigenvalue weighted by molar-refractivity contribution is -0.150. The maximum Gasteiger partial charge on any atom is 0.326 e. The number of carbonyl (C=O) groups is 4. The molecule has 0 aliphatic carbocycles. The molecule has 5 N–H and O–H groups in total. The van der Waals surface area contributed by atoms with E-state index in [0.717, 1.165) is 0 Å². The lowest BCUT2D eigenvalue weighted by Gasteiger charge is -2.32. The fourth-order valence-electron chi connectivity index (χ4n) is 3.48. The van der Waals surface area contributed by atoms with Crippen molar-refractivity contribution in [1.29, 1.82) is 0 Å². The summed E-state index contributed by atoms with van der Waals surface area (Å²) >= 11 is 0. The van der Waals surface area contributed by atoms with Gasteiger partial charge in [-0.3, -0.25) is 14.4 Å². The molecule has 0 aromatic carbocycles. The molecule has 172 valence electrons. The Morgan fingerprint density at radius 2 is 1.57 bits per heavy atom. The highest BCUT2D eigenvalue weighted by Gasteiger charge is 2.40. The van der Waals surface area contributed by atoms with Crippen molar-refractivity contribution in [2.75, 3.05) is 6.54 Å². The van der Waals surface area contributed by atoms with Gasteiger partial charge >= 0.3 is 5.97 Å². The molecule has 0 aromatic rings. The molecule has 1 aliphatic rings. The summed E-state index contributed by atoms with van der Waals surface area (Å²) in [4.78, 5) is 51.4. The predicted octanol–water partition coefficient (Wildman–Crippen LogP) is 0.717. The van der Waals surface area contributed by atoms with E-state index in [9.17, 15) is 24.3 Å². The number of nitrogens with zero attached hydrogens (tertiary/aromatic N) is 1. The number of carboxylic acids is 1. The molecule has 1 saturated heterocycles. The lowest BCUT2D eigenvalue weighted by Crippen LogP contribution is -2.60. The number of likely N-dealkylation sites (tertiary alicyclic amines) is 1. The minimum atomic E-state index is -1.04. The van der Waals surface area contributed by atoms with Gasteiger partial charge in [-0.1, -0.05) is 48.0 Å². The zero-order chi connectivity index (χ0) is 23.2. The summed E-state index contributed by atoms with van der Waals surface area (Å²) in [5.74, 6) is -2.83. The molecule has 0 spiro atoms. The number of aliphatic carboxylic acids is 1. The monoisotopic (exact) mass is 426 g/mol. The van der Waals surface area contributed by atoms with Crippen LogP contribution in [0.5, 0.6) is 0 Å². The Morgan fingerprint density at radius 1 is 1.00 bits per heavy atom. The second-order valence-corrected chi connectivity index (χ2v) is 8.90. The molecule has 0 radical (unpaired) electrons. The maximum absolute atomic E-state index is 13.1. The van der Waals surface area contributed by atoms with Gasteiger partial charge < -0.3 is 26.4 Å². The highest BCUT2D eigenvalue weighted by atomic mass is 16.4. The molecule has 3 amide bonds. The van der Waals surface area contributed by atoms with Crippen LogP contribution in [0, 0.1) is 17.8 Å². The maximum atomic E-state index is 13.1. The van der Waals surface area contributed by atoms with E-state index in [1.54, 1.807) is 13.8 Å². The lowest BCUT2D eigenvalue weighted by atomic mass is 9.95. The van der Waals surface area contributed by atoms with E-state index in [1.165, 1.54) is 4.90 Å². The SMILES string of the molecule is CCC(C)C(NC(=O)C(N)C(C)C)C(=O)NC(C(=O)N1CCCC1C(=O)O)C(C)C. The fourth-order valence-corrected chi connectivity index (χ4v) is 3.48. The summed E-state index contributed by atoms with van der Waals surface area (Å²) in [7, 11) is 0. The van der Waals surface area contributed by atoms with Crippen molar-refractivity contribution in [2.24, 2.45) is 23.5 Å². The summed E-state index contributed by atoms with van der Waals surface area (Å²) in [6.07, 6.45) is 1.65. The van der Waals surface area contributed by atoms with Crippen LogP contribution in [0.2, 0.25) is 0 Å². The number of carboxylic acid groups (broad SMARTS) is 1. The van der Waals surface area contributed by atoms with Crippen LogP contribution in [0.25, 0.3) is 0 Å². The summed E-state index contributed by atoms with van der Waals surface area (Å²) in [6, 6.07) is -3.33. The smallest absolute Gasteiger partial charge is 0.326 e. The molecule has 0 bridgehead atoms. The number of amides is 3. The number of nitrogens with one attached hydrogen (secondary N) is 2. The van der Waals surface area contributed by atoms with Gasteiger partial charge in [-0.25, -0.2) is 4.79 Å². The molecule has 5 unspecified atom stereocenters. The molecule has 0 saturated carbocycles. The second kappa shape index (κ2) is 11.3. The first-order valence-electron chi connectivity index (χ1n) is 10.8. The Kier molecular flexibility index (Phi) is 9.74. The number of rotatable bonds is 10. The molecular weight excluding hydrogens is 388 g/mol. The molecule has 5 atom stereocenters. The first kappa shape index (κ1) is 25.9. The van der Waals surface area contributed by atoms with E-state index in [4.69, 9.17) is 5.73 Å². The van der Waals surface area contributed by atoms with Crippen LogP contribution in [0.15, 0.2) is 0 Å². The van der Waals surface area contributed by atoms with Crippen LogP contribution in [-0.4, -0.2) is 64.4 Å². The van der Waals surface area contributed by atoms with Crippen LogP contribution in [0.1, 0.15) is 60.8 Å². The third-order valence-corrected chi connectivity index (χ3v) is 5.87. The van der Waals surface area contributed by atoms with Crippen molar-refractivity contribution in [1.82, 2.24) is 15.5 Å². The zero-order valence-electron chi connectivity index (χ0n) is 19.0. The van der Waals surface area contributed by atoms with Crippen LogP contribution in [0.4, 0.5) is 0 Å². The highest BCUT2D eigenvalue weighted by Crippen LogP contribution is 2.21. The molecule has 9 nitrogen and oxygen atoms in total. The van der Waals surface area contributed by atoms with Crippen molar-refractivity contribution in [2.45, 2.75) is 85.0 Å². The summed E-state index contributed by atoms with van der Waals surface area (Å²) < 4.78 is 0. The van der Waals surface area contributed by atoms with Crippen molar-refractivity contribution >= 4 is 23.7 Å². The summed E-state index contributed by atoms with van der Waals surface area (Å²) in [5.41, 5.74) is 5.91. The third kappa shape index (κ3) is 6.42. The summed E-state index contributed by atoms with van der Waals surface area (Å²) in [6.45, 7) is 11.3. The Morgan fingerprint density at radius 3 is 2.03 bits per heavy atom. The van der Waals surface area contributed by atoms with Crippen LogP contribution in [0.3, 0.4) is 0 Å².